The van der Waals surface area contributed by atoms with Crippen LogP contribution in [0.1, 0.15) is 16.7 Å². The highest BCUT2D eigenvalue weighted by atomic mass is 35.5. The first-order valence-corrected chi connectivity index (χ1v) is 6.69. The van der Waals surface area contributed by atoms with Gasteiger partial charge < -0.3 is 5.32 Å². The standard InChI is InChI=1S/C16H16ClN/c1-11-2-6-15(7-3-11)18-16-9-12-4-5-14(17)8-13(12)10-16/h2-8,16,18H,9-10H2,1H3. The molecule has 0 aromatic heterocycles. The number of nitrogens with one attached hydrogen (secondary N) is 1. The highest BCUT2D eigenvalue weighted by molar-refractivity contribution is 6.30. The van der Waals surface area contributed by atoms with E-state index in [0.29, 0.717) is 6.04 Å². The summed E-state index contributed by atoms with van der Waals surface area (Å²) < 4.78 is 0. The Morgan fingerprint density at radius 2 is 1.72 bits per heavy atom. The van der Waals surface area contributed by atoms with E-state index < -0.39 is 0 Å². The van der Waals surface area contributed by atoms with E-state index >= 15 is 0 Å². The molecule has 1 unspecified atom stereocenters. The van der Waals surface area contributed by atoms with Crippen LogP contribution in [0, 0.1) is 6.92 Å². The van der Waals surface area contributed by atoms with E-state index in [1.165, 1.54) is 22.4 Å². The number of benzene rings is 2. The second-order valence-corrected chi connectivity index (χ2v) is 5.47. The summed E-state index contributed by atoms with van der Waals surface area (Å²) in [5.74, 6) is 0. The van der Waals surface area contributed by atoms with Crippen LogP contribution in [0.3, 0.4) is 0 Å². The quantitative estimate of drug-likeness (QED) is 0.849. The van der Waals surface area contributed by atoms with Crippen molar-refractivity contribution in [1.29, 1.82) is 0 Å². The van der Waals surface area contributed by atoms with Crippen LogP contribution in [0.25, 0.3) is 0 Å². The minimum atomic E-state index is 0.487. The smallest absolute Gasteiger partial charge is 0.0408 e. The molecule has 0 saturated carbocycles. The third kappa shape index (κ3) is 2.37. The van der Waals surface area contributed by atoms with E-state index in [9.17, 15) is 0 Å². The van der Waals surface area contributed by atoms with E-state index in [1.807, 2.05) is 6.07 Å². The van der Waals surface area contributed by atoms with Crippen molar-refractivity contribution >= 4 is 17.3 Å². The number of anilines is 1. The molecule has 0 fully saturated rings. The molecule has 0 amide bonds. The highest BCUT2D eigenvalue weighted by Gasteiger charge is 2.21. The number of hydrogen-bond donors (Lipinski definition) is 1. The Bertz CT molecular complexity index is 560. The van der Waals surface area contributed by atoms with E-state index in [0.717, 1.165) is 17.9 Å². The highest BCUT2D eigenvalue weighted by Crippen LogP contribution is 2.27. The van der Waals surface area contributed by atoms with Crippen LogP contribution in [0.5, 0.6) is 0 Å². The van der Waals surface area contributed by atoms with Crippen molar-refractivity contribution in [3.63, 3.8) is 0 Å². The molecule has 0 heterocycles. The maximum absolute atomic E-state index is 6.03. The molecule has 1 nitrogen and oxygen atoms in total. The summed E-state index contributed by atoms with van der Waals surface area (Å²) >= 11 is 6.03. The topological polar surface area (TPSA) is 12.0 Å². The fourth-order valence-electron chi connectivity index (χ4n) is 2.57. The molecule has 0 saturated heterocycles. The predicted molar refractivity (Wildman–Crippen MR) is 77.4 cm³/mol. The van der Waals surface area contributed by atoms with Crippen molar-refractivity contribution in [3.8, 4) is 0 Å². The lowest BCUT2D eigenvalue weighted by atomic mass is 10.1. The number of aryl methyl sites for hydroxylation is 1. The first-order valence-electron chi connectivity index (χ1n) is 6.31. The van der Waals surface area contributed by atoms with Gasteiger partial charge in [0.15, 0.2) is 0 Å². The van der Waals surface area contributed by atoms with Crippen LogP contribution in [-0.4, -0.2) is 6.04 Å². The van der Waals surface area contributed by atoms with E-state index in [4.69, 9.17) is 11.6 Å². The third-order valence-corrected chi connectivity index (χ3v) is 3.76. The SMILES string of the molecule is Cc1ccc(NC2Cc3ccc(Cl)cc3C2)cc1. The van der Waals surface area contributed by atoms with Crippen molar-refractivity contribution in [2.24, 2.45) is 0 Å². The van der Waals surface area contributed by atoms with Crippen LogP contribution in [-0.2, 0) is 12.8 Å². The molecule has 2 aromatic carbocycles. The lowest BCUT2D eigenvalue weighted by Crippen LogP contribution is -2.19. The molecule has 18 heavy (non-hydrogen) atoms. The van der Waals surface area contributed by atoms with Crippen LogP contribution >= 0.6 is 11.6 Å². The van der Waals surface area contributed by atoms with Crippen molar-refractivity contribution in [1.82, 2.24) is 0 Å². The van der Waals surface area contributed by atoms with Crippen molar-refractivity contribution in [2.45, 2.75) is 25.8 Å². The minimum absolute atomic E-state index is 0.487. The molecular formula is C16H16ClN. The monoisotopic (exact) mass is 257 g/mol. The lowest BCUT2D eigenvalue weighted by Gasteiger charge is -2.13. The fourth-order valence-corrected chi connectivity index (χ4v) is 2.77. The van der Waals surface area contributed by atoms with Crippen LogP contribution in [0.4, 0.5) is 5.69 Å². The maximum atomic E-state index is 6.03. The Kier molecular flexibility index (Phi) is 3.00. The van der Waals surface area contributed by atoms with Gasteiger partial charge in [0.1, 0.15) is 0 Å². The van der Waals surface area contributed by atoms with Crippen LogP contribution in [0.15, 0.2) is 42.5 Å². The fraction of sp³-hybridized carbons (Fsp3) is 0.250. The van der Waals surface area contributed by atoms with E-state index in [1.54, 1.807) is 0 Å². The Morgan fingerprint density at radius 1 is 1.00 bits per heavy atom. The van der Waals surface area contributed by atoms with Crippen molar-refractivity contribution in [3.05, 3.63) is 64.2 Å². The van der Waals surface area contributed by atoms with Gasteiger partial charge in [-0.15, -0.1) is 0 Å². The normalized spacial score (nSPS) is 17.6. The first kappa shape index (κ1) is 11.6. The summed E-state index contributed by atoms with van der Waals surface area (Å²) in [7, 11) is 0. The van der Waals surface area contributed by atoms with Gasteiger partial charge in [-0.05, 0) is 55.2 Å². The van der Waals surface area contributed by atoms with Crippen LogP contribution in [0.2, 0.25) is 5.02 Å². The Balaban J connectivity index is 1.72. The molecule has 0 radical (unpaired) electrons. The lowest BCUT2D eigenvalue weighted by molar-refractivity contribution is 0.774. The summed E-state index contributed by atoms with van der Waals surface area (Å²) in [4.78, 5) is 0. The molecule has 92 valence electrons. The zero-order chi connectivity index (χ0) is 12.5. The summed E-state index contributed by atoms with van der Waals surface area (Å²) in [6.45, 7) is 2.11. The Labute approximate surface area is 113 Å². The zero-order valence-corrected chi connectivity index (χ0v) is 11.2. The first-order chi connectivity index (χ1) is 8.70. The van der Waals surface area contributed by atoms with Crippen molar-refractivity contribution in [2.75, 3.05) is 5.32 Å². The van der Waals surface area contributed by atoms with E-state index in [2.05, 4.69) is 48.6 Å². The third-order valence-electron chi connectivity index (χ3n) is 3.52. The van der Waals surface area contributed by atoms with Gasteiger partial charge in [0.25, 0.3) is 0 Å². The molecule has 1 atom stereocenters. The molecule has 3 rings (SSSR count). The number of rotatable bonds is 2. The molecule has 0 bridgehead atoms. The average molecular weight is 258 g/mol. The van der Waals surface area contributed by atoms with Crippen molar-refractivity contribution < 1.29 is 0 Å². The predicted octanol–water partition coefficient (Wildman–Crippen LogP) is 4.23. The molecular weight excluding hydrogens is 242 g/mol. The Hall–Kier alpha value is -1.47. The van der Waals surface area contributed by atoms with Gasteiger partial charge in [-0.25, -0.2) is 0 Å². The number of hydrogen-bond acceptors (Lipinski definition) is 1. The molecule has 1 aliphatic carbocycles. The largest absolute Gasteiger partial charge is 0.382 e. The van der Waals surface area contributed by atoms with Gasteiger partial charge in [-0.3, -0.25) is 0 Å². The minimum Gasteiger partial charge on any atom is -0.382 e. The average Bonchev–Trinajstić information content (AvgIpc) is 2.73. The molecule has 1 aliphatic rings. The van der Waals surface area contributed by atoms with E-state index in [-0.39, 0.29) is 0 Å². The number of fused-ring (bicyclic) bond motifs is 1. The second kappa shape index (κ2) is 4.66. The van der Waals surface area contributed by atoms with Gasteiger partial charge in [-0.2, -0.15) is 0 Å². The summed E-state index contributed by atoms with van der Waals surface area (Å²) in [5.41, 5.74) is 5.29. The van der Waals surface area contributed by atoms with Crippen LogP contribution < -0.4 is 5.32 Å². The summed E-state index contributed by atoms with van der Waals surface area (Å²) in [6, 6.07) is 15.3. The second-order valence-electron chi connectivity index (χ2n) is 5.03. The molecule has 0 spiro atoms. The maximum Gasteiger partial charge on any atom is 0.0408 e. The molecule has 2 aromatic rings. The summed E-state index contributed by atoms with van der Waals surface area (Å²) in [6.07, 6.45) is 2.14. The Morgan fingerprint density at radius 3 is 2.50 bits per heavy atom. The summed E-state index contributed by atoms with van der Waals surface area (Å²) in [5, 5.41) is 4.43. The molecule has 1 N–H and O–H groups in total. The zero-order valence-electron chi connectivity index (χ0n) is 10.4. The van der Waals surface area contributed by atoms with Gasteiger partial charge in [0.2, 0.25) is 0 Å². The van der Waals surface area contributed by atoms with Gasteiger partial charge in [0, 0.05) is 16.8 Å². The number of halogens is 1. The van der Waals surface area contributed by atoms with Gasteiger partial charge in [0.05, 0.1) is 0 Å². The van der Waals surface area contributed by atoms with Gasteiger partial charge >= 0.3 is 0 Å². The molecule has 2 heteroatoms. The molecule has 0 aliphatic heterocycles. The van der Waals surface area contributed by atoms with Gasteiger partial charge in [-0.1, -0.05) is 35.4 Å².